The highest BCUT2D eigenvalue weighted by Crippen LogP contribution is 2.62. The summed E-state index contributed by atoms with van der Waals surface area (Å²) in [6.07, 6.45) is 5.03. The van der Waals surface area contributed by atoms with E-state index in [0.717, 1.165) is 24.4 Å². The molecular weight excluding hydrogens is 249 g/mol. The molecule has 1 aromatic rings. The van der Waals surface area contributed by atoms with Gasteiger partial charge in [-0.2, -0.15) is 0 Å². The van der Waals surface area contributed by atoms with Crippen LogP contribution in [0, 0.1) is 22.6 Å². The fourth-order valence-electron chi connectivity index (χ4n) is 4.86. The van der Waals surface area contributed by atoms with Crippen molar-refractivity contribution in [3.05, 3.63) is 35.6 Å². The van der Waals surface area contributed by atoms with E-state index >= 15 is 0 Å². The van der Waals surface area contributed by atoms with Gasteiger partial charge in [0.05, 0.1) is 0 Å². The summed E-state index contributed by atoms with van der Waals surface area (Å²) in [4.78, 5) is 0. The Morgan fingerprint density at radius 2 is 2.10 bits per heavy atom. The summed E-state index contributed by atoms with van der Waals surface area (Å²) in [5, 5.41) is 3.79. The third-order valence-corrected chi connectivity index (χ3v) is 5.92. The summed E-state index contributed by atoms with van der Waals surface area (Å²) >= 11 is 0. The number of benzene rings is 1. The molecule has 1 nitrogen and oxygen atoms in total. The molecule has 0 spiro atoms. The van der Waals surface area contributed by atoms with Crippen LogP contribution >= 0.6 is 0 Å². The molecule has 2 bridgehead atoms. The molecule has 2 fully saturated rings. The first-order valence-corrected chi connectivity index (χ1v) is 7.90. The maximum Gasteiger partial charge on any atom is 0.123 e. The van der Waals surface area contributed by atoms with E-state index in [-0.39, 0.29) is 5.82 Å². The van der Waals surface area contributed by atoms with Crippen molar-refractivity contribution in [2.45, 2.75) is 52.5 Å². The van der Waals surface area contributed by atoms with Crippen LogP contribution in [0.2, 0.25) is 0 Å². The summed E-state index contributed by atoms with van der Waals surface area (Å²) in [6.45, 7) is 8.23. The van der Waals surface area contributed by atoms with Crippen molar-refractivity contribution < 1.29 is 4.39 Å². The first kappa shape index (κ1) is 14.1. The Morgan fingerprint density at radius 1 is 1.30 bits per heavy atom. The van der Waals surface area contributed by atoms with Crippen LogP contribution in [0.25, 0.3) is 0 Å². The predicted octanol–water partition coefficient (Wildman–Crippen LogP) is 4.17. The third kappa shape index (κ3) is 2.28. The maximum atomic E-state index is 13.2. The number of halogens is 1. The molecular formula is C18H26FN. The number of fused-ring (bicyclic) bond motifs is 2. The average Bonchev–Trinajstić information content (AvgIpc) is 2.85. The Balaban J connectivity index is 1.61. The van der Waals surface area contributed by atoms with Crippen molar-refractivity contribution in [1.29, 1.82) is 0 Å². The lowest BCUT2D eigenvalue weighted by atomic mass is 9.68. The number of hydrogen-bond donors (Lipinski definition) is 1. The molecule has 1 unspecified atom stereocenters. The molecule has 20 heavy (non-hydrogen) atoms. The van der Waals surface area contributed by atoms with Crippen LogP contribution in [0.3, 0.4) is 0 Å². The summed E-state index contributed by atoms with van der Waals surface area (Å²) in [5.41, 5.74) is 1.95. The van der Waals surface area contributed by atoms with Crippen LogP contribution in [-0.2, 0) is 6.42 Å². The Kier molecular flexibility index (Phi) is 3.40. The van der Waals surface area contributed by atoms with Crippen LogP contribution in [-0.4, -0.2) is 12.6 Å². The molecule has 110 valence electrons. The molecule has 1 N–H and O–H groups in total. The molecule has 2 heteroatoms. The van der Waals surface area contributed by atoms with Gasteiger partial charge in [0, 0.05) is 6.04 Å². The Bertz CT molecular complexity index is 491. The fraction of sp³-hybridized carbons (Fsp3) is 0.667. The number of rotatable bonds is 4. The summed E-state index contributed by atoms with van der Waals surface area (Å²) < 4.78 is 13.2. The van der Waals surface area contributed by atoms with Crippen LogP contribution in [0.5, 0.6) is 0 Å². The third-order valence-electron chi connectivity index (χ3n) is 5.92. The molecule has 0 radical (unpaired) electrons. The topological polar surface area (TPSA) is 12.0 Å². The Labute approximate surface area is 122 Å². The fourth-order valence-corrected chi connectivity index (χ4v) is 4.86. The maximum absolute atomic E-state index is 13.2. The van der Waals surface area contributed by atoms with Gasteiger partial charge in [-0.15, -0.1) is 0 Å². The van der Waals surface area contributed by atoms with Gasteiger partial charge >= 0.3 is 0 Å². The minimum atomic E-state index is -0.130. The van der Waals surface area contributed by atoms with Crippen molar-refractivity contribution in [3.63, 3.8) is 0 Å². The molecule has 2 saturated carbocycles. The molecule has 1 aromatic carbocycles. The highest BCUT2D eigenvalue weighted by molar-refractivity contribution is 5.17. The van der Waals surface area contributed by atoms with Gasteiger partial charge < -0.3 is 5.32 Å². The number of nitrogens with one attached hydrogen (secondary N) is 1. The lowest BCUT2D eigenvalue weighted by molar-refractivity contribution is 0.110. The first-order chi connectivity index (χ1) is 9.42. The smallest absolute Gasteiger partial charge is 0.123 e. The molecule has 2 aliphatic rings. The summed E-state index contributed by atoms with van der Waals surface area (Å²) in [7, 11) is 0. The van der Waals surface area contributed by atoms with Crippen molar-refractivity contribution >= 4 is 0 Å². The highest BCUT2D eigenvalue weighted by Gasteiger charge is 2.58. The minimum Gasteiger partial charge on any atom is -0.313 e. The summed E-state index contributed by atoms with van der Waals surface area (Å²) in [5.74, 6) is 0.744. The van der Waals surface area contributed by atoms with Crippen molar-refractivity contribution in [2.24, 2.45) is 16.7 Å². The zero-order valence-electron chi connectivity index (χ0n) is 12.9. The van der Waals surface area contributed by atoms with E-state index < -0.39 is 0 Å². The second kappa shape index (κ2) is 4.84. The minimum absolute atomic E-state index is 0.130. The molecule has 0 heterocycles. The molecule has 0 aliphatic heterocycles. The van der Waals surface area contributed by atoms with Crippen LogP contribution in [0.1, 0.15) is 45.6 Å². The Morgan fingerprint density at radius 3 is 2.75 bits per heavy atom. The molecule has 3 rings (SSSR count). The van der Waals surface area contributed by atoms with E-state index in [9.17, 15) is 4.39 Å². The second-order valence-corrected chi connectivity index (χ2v) is 7.68. The van der Waals surface area contributed by atoms with E-state index in [1.807, 2.05) is 6.07 Å². The first-order valence-electron chi connectivity index (χ1n) is 7.90. The van der Waals surface area contributed by atoms with E-state index in [1.165, 1.54) is 25.3 Å². The largest absolute Gasteiger partial charge is 0.313 e. The van der Waals surface area contributed by atoms with Gasteiger partial charge in [-0.25, -0.2) is 4.39 Å². The average molecular weight is 275 g/mol. The van der Waals surface area contributed by atoms with Gasteiger partial charge in [-0.3, -0.25) is 0 Å². The van der Waals surface area contributed by atoms with Crippen molar-refractivity contribution in [3.8, 4) is 0 Å². The SMILES string of the molecule is CC1(C)C(NCCc2cccc(F)c2)[C@]2(C)CC[C@H]1C2. The molecule has 0 amide bonds. The van der Waals surface area contributed by atoms with Gasteiger partial charge in [-0.05, 0) is 66.7 Å². The van der Waals surface area contributed by atoms with Gasteiger partial charge in [-0.1, -0.05) is 32.9 Å². The van der Waals surface area contributed by atoms with Gasteiger partial charge in [0.15, 0.2) is 0 Å². The highest BCUT2D eigenvalue weighted by atomic mass is 19.1. The van der Waals surface area contributed by atoms with Crippen LogP contribution in [0.15, 0.2) is 24.3 Å². The summed E-state index contributed by atoms with van der Waals surface area (Å²) in [6, 6.07) is 7.57. The van der Waals surface area contributed by atoms with Crippen molar-refractivity contribution in [2.75, 3.05) is 6.54 Å². The van der Waals surface area contributed by atoms with E-state index in [0.29, 0.717) is 16.9 Å². The monoisotopic (exact) mass is 275 g/mol. The normalized spacial score (nSPS) is 34.6. The standard InChI is InChI=1S/C18H26FN/c1-17(2)14-7-9-18(3,12-14)16(17)20-10-8-13-5-4-6-15(19)11-13/h4-6,11,14,16,20H,7-10,12H2,1-3H3/t14-,16?,18+/m0/s1. The van der Waals surface area contributed by atoms with E-state index in [1.54, 1.807) is 12.1 Å². The molecule has 3 atom stereocenters. The van der Waals surface area contributed by atoms with Crippen LogP contribution in [0.4, 0.5) is 4.39 Å². The van der Waals surface area contributed by atoms with Gasteiger partial charge in [0.1, 0.15) is 5.82 Å². The molecule has 0 saturated heterocycles. The van der Waals surface area contributed by atoms with Crippen molar-refractivity contribution in [1.82, 2.24) is 5.32 Å². The lowest BCUT2D eigenvalue weighted by Gasteiger charge is -2.43. The molecule has 0 aromatic heterocycles. The van der Waals surface area contributed by atoms with Gasteiger partial charge in [0.2, 0.25) is 0 Å². The Hall–Kier alpha value is -0.890. The quantitative estimate of drug-likeness (QED) is 0.869. The van der Waals surface area contributed by atoms with Crippen LogP contribution < -0.4 is 5.32 Å². The van der Waals surface area contributed by atoms with E-state index in [4.69, 9.17) is 0 Å². The zero-order valence-corrected chi connectivity index (χ0v) is 12.9. The zero-order chi connectivity index (χ0) is 14.4. The van der Waals surface area contributed by atoms with E-state index in [2.05, 4.69) is 26.1 Å². The molecule has 2 aliphatic carbocycles. The van der Waals surface area contributed by atoms with Gasteiger partial charge in [0.25, 0.3) is 0 Å². The second-order valence-electron chi connectivity index (χ2n) is 7.68. The number of hydrogen-bond acceptors (Lipinski definition) is 1. The predicted molar refractivity (Wildman–Crippen MR) is 81.1 cm³/mol. The lowest BCUT2D eigenvalue weighted by Crippen LogP contribution is -2.50.